The standard InChI is InChI=1S/C27H25F3N6O3/c1-15-22(24(35-34-15)27(28,29)30)25(37)33-19-8-11-36(14-18(19)16-6-4-3-5-7-16)26(38)17-12-20-23(21(13-17)39-2)32-10-9-31-20/h3-7,9-10,12-13,18-19H,8,11,14H2,1-2H3,(H,33,37)(H,34,35)/t18-,19-/m1/s1. The third kappa shape index (κ3) is 5.14. The van der Waals surface area contributed by atoms with Gasteiger partial charge in [-0.15, -0.1) is 0 Å². The van der Waals surface area contributed by atoms with Crippen molar-refractivity contribution in [2.24, 2.45) is 0 Å². The van der Waals surface area contributed by atoms with Crippen LogP contribution < -0.4 is 10.1 Å². The average molecular weight is 539 g/mol. The second-order valence-corrected chi connectivity index (χ2v) is 9.30. The Labute approximate surface area is 221 Å². The number of hydrogen-bond donors (Lipinski definition) is 2. The van der Waals surface area contributed by atoms with E-state index in [4.69, 9.17) is 4.74 Å². The summed E-state index contributed by atoms with van der Waals surface area (Å²) in [6.45, 7) is 1.87. The van der Waals surface area contributed by atoms with Crippen LogP contribution in [0.3, 0.4) is 0 Å². The van der Waals surface area contributed by atoms with E-state index in [1.54, 1.807) is 23.2 Å². The van der Waals surface area contributed by atoms with Crippen molar-refractivity contribution >= 4 is 22.8 Å². The number of hydrogen-bond acceptors (Lipinski definition) is 6. The van der Waals surface area contributed by atoms with Gasteiger partial charge in [-0.3, -0.25) is 19.7 Å². The number of carbonyl (C=O) groups is 2. The number of piperidine rings is 1. The highest BCUT2D eigenvalue weighted by molar-refractivity contribution is 5.99. The number of likely N-dealkylation sites (tertiary alicyclic amines) is 1. The van der Waals surface area contributed by atoms with Gasteiger partial charge in [0.15, 0.2) is 5.69 Å². The van der Waals surface area contributed by atoms with E-state index in [1.165, 1.54) is 20.2 Å². The molecule has 1 aliphatic heterocycles. The van der Waals surface area contributed by atoms with Crippen LogP contribution in [0.1, 0.15) is 50.0 Å². The van der Waals surface area contributed by atoms with Crippen molar-refractivity contribution in [2.75, 3.05) is 20.2 Å². The van der Waals surface area contributed by atoms with Crippen LogP contribution in [0.2, 0.25) is 0 Å². The second kappa shape index (κ2) is 10.4. The molecular formula is C27H25F3N6O3. The third-order valence-electron chi connectivity index (χ3n) is 6.91. The molecule has 12 heteroatoms. The van der Waals surface area contributed by atoms with Gasteiger partial charge in [-0.1, -0.05) is 30.3 Å². The van der Waals surface area contributed by atoms with E-state index >= 15 is 0 Å². The average Bonchev–Trinajstić information content (AvgIpc) is 3.35. The largest absolute Gasteiger partial charge is 0.494 e. The van der Waals surface area contributed by atoms with Crippen molar-refractivity contribution in [1.82, 2.24) is 30.4 Å². The minimum atomic E-state index is -4.76. The number of halogens is 3. The zero-order valence-electron chi connectivity index (χ0n) is 21.1. The maximum Gasteiger partial charge on any atom is 0.433 e. The minimum Gasteiger partial charge on any atom is -0.494 e. The Morgan fingerprint density at radius 1 is 1.13 bits per heavy atom. The molecule has 5 rings (SSSR count). The zero-order chi connectivity index (χ0) is 27.7. The number of alkyl halides is 3. The lowest BCUT2D eigenvalue weighted by Crippen LogP contribution is -2.51. The molecule has 2 aromatic carbocycles. The summed E-state index contributed by atoms with van der Waals surface area (Å²) in [5.74, 6) is -1.06. The van der Waals surface area contributed by atoms with Gasteiger partial charge >= 0.3 is 6.18 Å². The highest BCUT2D eigenvalue weighted by Crippen LogP contribution is 2.33. The number of benzene rings is 2. The number of aromatic amines is 1. The van der Waals surface area contributed by atoms with Crippen LogP contribution in [0.15, 0.2) is 54.9 Å². The molecule has 3 heterocycles. The van der Waals surface area contributed by atoms with Crippen LogP contribution in [0, 0.1) is 6.92 Å². The molecule has 0 unspecified atom stereocenters. The van der Waals surface area contributed by atoms with Crippen molar-refractivity contribution in [3.8, 4) is 5.75 Å². The summed E-state index contributed by atoms with van der Waals surface area (Å²) in [6, 6.07) is 12.0. The van der Waals surface area contributed by atoms with Gasteiger partial charge in [0.25, 0.3) is 11.8 Å². The van der Waals surface area contributed by atoms with E-state index < -0.39 is 29.4 Å². The van der Waals surface area contributed by atoms with Crippen LogP contribution in [0.5, 0.6) is 5.75 Å². The molecule has 202 valence electrons. The molecular weight excluding hydrogens is 513 g/mol. The van der Waals surface area contributed by atoms with E-state index in [1.807, 2.05) is 35.4 Å². The SMILES string of the molecule is COc1cc(C(=O)N2CC[C@@H](NC(=O)c3c(C)n[nH]c3C(F)(F)F)[C@@H](c3ccccc3)C2)cc2nccnc12. The van der Waals surface area contributed by atoms with Gasteiger partial charge in [0, 0.05) is 43.0 Å². The van der Waals surface area contributed by atoms with E-state index in [0.29, 0.717) is 28.8 Å². The Balaban J connectivity index is 1.42. The molecule has 0 radical (unpaired) electrons. The van der Waals surface area contributed by atoms with Crippen molar-refractivity contribution in [3.05, 3.63) is 82.9 Å². The maximum atomic E-state index is 13.6. The molecule has 1 saturated heterocycles. The van der Waals surface area contributed by atoms with E-state index in [2.05, 4.69) is 20.4 Å². The van der Waals surface area contributed by atoms with Crippen LogP contribution in [-0.4, -0.2) is 63.1 Å². The highest BCUT2D eigenvalue weighted by atomic mass is 19.4. The summed E-state index contributed by atoms with van der Waals surface area (Å²) in [4.78, 5) is 36.9. The summed E-state index contributed by atoms with van der Waals surface area (Å²) in [7, 11) is 1.49. The smallest absolute Gasteiger partial charge is 0.433 e. The van der Waals surface area contributed by atoms with Gasteiger partial charge in [-0.2, -0.15) is 18.3 Å². The molecule has 2 atom stereocenters. The lowest BCUT2D eigenvalue weighted by atomic mass is 9.85. The van der Waals surface area contributed by atoms with E-state index in [9.17, 15) is 22.8 Å². The number of nitrogens with one attached hydrogen (secondary N) is 2. The molecule has 0 spiro atoms. The zero-order valence-corrected chi connectivity index (χ0v) is 21.1. The van der Waals surface area contributed by atoms with E-state index in [0.717, 1.165) is 5.56 Å². The number of rotatable bonds is 5. The van der Waals surface area contributed by atoms with Crippen molar-refractivity contribution in [3.63, 3.8) is 0 Å². The first-order valence-electron chi connectivity index (χ1n) is 12.2. The Morgan fingerprint density at radius 2 is 1.87 bits per heavy atom. The van der Waals surface area contributed by atoms with Gasteiger partial charge < -0.3 is 15.0 Å². The van der Waals surface area contributed by atoms with Crippen LogP contribution >= 0.6 is 0 Å². The monoisotopic (exact) mass is 538 g/mol. The predicted octanol–water partition coefficient (Wildman–Crippen LogP) is 4.12. The molecule has 2 aromatic heterocycles. The molecule has 9 nitrogen and oxygen atoms in total. The first-order chi connectivity index (χ1) is 18.7. The number of fused-ring (bicyclic) bond motifs is 1. The number of amides is 2. The van der Waals surface area contributed by atoms with Crippen LogP contribution in [0.4, 0.5) is 13.2 Å². The minimum absolute atomic E-state index is 0.0444. The molecule has 1 aliphatic rings. The van der Waals surface area contributed by atoms with Gasteiger partial charge in [0.2, 0.25) is 0 Å². The van der Waals surface area contributed by atoms with Crippen molar-refractivity contribution in [1.29, 1.82) is 0 Å². The predicted molar refractivity (Wildman–Crippen MR) is 135 cm³/mol. The van der Waals surface area contributed by atoms with Crippen molar-refractivity contribution < 1.29 is 27.5 Å². The molecule has 0 saturated carbocycles. The molecule has 0 bridgehead atoms. The normalized spacial score (nSPS) is 17.7. The molecule has 39 heavy (non-hydrogen) atoms. The highest BCUT2D eigenvalue weighted by Gasteiger charge is 2.40. The quantitative estimate of drug-likeness (QED) is 0.395. The number of carbonyl (C=O) groups excluding carboxylic acids is 2. The fourth-order valence-corrected chi connectivity index (χ4v) is 5.01. The first kappa shape index (κ1) is 26.1. The summed E-state index contributed by atoms with van der Waals surface area (Å²) in [6.07, 6.45) is -1.35. The summed E-state index contributed by atoms with van der Waals surface area (Å²) < 4.78 is 45.9. The lowest BCUT2D eigenvalue weighted by Gasteiger charge is -2.39. The van der Waals surface area contributed by atoms with Gasteiger partial charge in [0.1, 0.15) is 11.3 Å². The number of aryl methyl sites for hydroxylation is 1. The Hall–Kier alpha value is -4.48. The number of methoxy groups -OCH3 is 1. The third-order valence-corrected chi connectivity index (χ3v) is 6.91. The number of ether oxygens (including phenoxy) is 1. The summed E-state index contributed by atoms with van der Waals surface area (Å²) in [5, 5.41) is 8.32. The van der Waals surface area contributed by atoms with Crippen LogP contribution in [0.25, 0.3) is 11.0 Å². The Morgan fingerprint density at radius 3 is 2.59 bits per heavy atom. The maximum absolute atomic E-state index is 13.6. The van der Waals surface area contributed by atoms with E-state index in [-0.39, 0.29) is 30.6 Å². The second-order valence-electron chi connectivity index (χ2n) is 9.30. The first-order valence-corrected chi connectivity index (χ1v) is 12.2. The fraction of sp³-hybridized carbons (Fsp3) is 0.296. The lowest BCUT2D eigenvalue weighted by molar-refractivity contribution is -0.141. The Kier molecular flexibility index (Phi) is 6.94. The Bertz CT molecular complexity index is 1520. The molecule has 2 N–H and O–H groups in total. The summed E-state index contributed by atoms with van der Waals surface area (Å²) in [5.41, 5.74) is 0.509. The molecule has 1 fully saturated rings. The van der Waals surface area contributed by atoms with Gasteiger partial charge in [0.05, 0.1) is 23.9 Å². The van der Waals surface area contributed by atoms with Gasteiger partial charge in [-0.25, -0.2) is 4.98 Å². The molecule has 0 aliphatic carbocycles. The fourth-order valence-electron chi connectivity index (χ4n) is 5.01. The molecule has 4 aromatic rings. The topological polar surface area (TPSA) is 113 Å². The number of nitrogens with zero attached hydrogens (tertiary/aromatic N) is 4. The van der Waals surface area contributed by atoms with Crippen molar-refractivity contribution in [2.45, 2.75) is 31.5 Å². The number of H-pyrrole nitrogens is 1. The summed E-state index contributed by atoms with van der Waals surface area (Å²) >= 11 is 0. The van der Waals surface area contributed by atoms with Gasteiger partial charge in [-0.05, 0) is 31.0 Å². The molecule has 2 amide bonds. The van der Waals surface area contributed by atoms with Crippen LogP contribution in [-0.2, 0) is 6.18 Å². The number of aromatic nitrogens is 4.